The highest BCUT2D eigenvalue weighted by atomic mass is 16.7. The molecule has 0 atom stereocenters. The first-order valence-electron chi connectivity index (χ1n) is 8.79. The van der Waals surface area contributed by atoms with Crippen LogP contribution >= 0.6 is 0 Å². The Bertz CT molecular complexity index is 790. The summed E-state index contributed by atoms with van der Waals surface area (Å²) in [6.07, 6.45) is 1.47. The molecular formula is C20H22N2O3. The van der Waals surface area contributed by atoms with Crippen molar-refractivity contribution >= 4 is 17.3 Å². The Morgan fingerprint density at radius 3 is 2.68 bits per heavy atom. The first kappa shape index (κ1) is 15.8. The SMILES string of the molecule is CCC(=O)N1CCCN(Cc2ccc3c(c2)OCO3)c2ccccc21. The molecule has 0 aliphatic carbocycles. The van der Waals surface area contributed by atoms with Crippen LogP contribution < -0.4 is 19.3 Å². The molecule has 1 amide bonds. The summed E-state index contributed by atoms with van der Waals surface area (Å²) in [6, 6.07) is 14.3. The molecule has 2 aliphatic heterocycles. The van der Waals surface area contributed by atoms with Gasteiger partial charge in [0.05, 0.1) is 11.4 Å². The number of carbonyl (C=O) groups excluding carboxylic acids is 1. The Morgan fingerprint density at radius 2 is 1.84 bits per heavy atom. The van der Waals surface area contributed by atoms with Gasteiger partial charge in [-0.25, -0.2) is 0 Å². The van der Waals surface area contributed by atoms with Gasteiger partial charge in [0.15, 0.2) is 11.5 Å². The summed E-state index contributed by atoms with van der Waals surface area (Å²) in [5.74, 6) is 1.79. The minimum atomic E-state index is 0.178. The van der Waals surface area contributed by atoms with E-state index in [2.05, 4.69) is 17.0 Å². The van der Waals surface area contributed by atoms with Crippen molar-refractivity contribution in [3.63, 3.8) is 0 Å². The molecule has 2 aliphatic rings. The molecule has 0 bridgehead atoms. The third kappa shape index (κ3) is 3.02. The number of para-hydroxylation sites is 2. The van der Waals surface area contributed by atoms with E-state index in [0.717, 1.165) is 48.9 Å². The molecule has 5 heteroatoms. The first-order valence-corrected chi connectivity index (χ1v) is 8.79. The zero-order chi connectivity index (χ0) is 17.2. The monoisotopic (exact) mass is 338 g/mol. The maximum atomic E-state index is 12.4. The summed E-state index contributed by atoms with van der Waals surface area (Å²) in [4.78, 5) is 16.6. The zero-order valence-corrected chi connectivity index (χ0v) is 14.4. The predicted octanol–water partition coefficient (Wildman–Crippen LogP) is 3.57. The van der Waals surface area contributed by atoms with Gasteiger partial charge in [0.25, 0.3) is 0 Å². The van der Waals surface area contributed by atoms with E-state index in [4.69, 9.17) is 9.47 Å². The number of anilines is 2. The molecule has 0 saturated carbocycles. The number of rotatable bonds is 3. The largest absolute Gasteiger partial charge is 0.454 e. The quantitative estimate of drug-likeness (QED) is 0.858. The van der Waals surface area contributed by atoms with E-state index in [1.54, 1.807) is 0 Å². The van der Waals surface area contributed by atoms with Crippen LogP contribution in [-0.4, -0.2) is 25.8 Å². The standard InChI is InChI=1S/C20H22N2O3/c1-2-20(23)22-11-5-10-21(16-6-3-4-7-17(16)22)13-15-8-9-18-19(12-15)25-14-24-18/h3-4,6-9,12H,2,5,10-11,13-14H2,1H3. The van der Waals surface area contributed by atoms with Gasteiger partial charge in [-0.3, -0.25) is 4.79 Å². The molecule has 0 saturated heterocycles. The van der Waals surface area contributed by atoms with Crippen molar-refractivity contribution in [3.05, 3.63) is 48.0 Å². The molecule has 4 rings (SSSR count). The van der Waals surface area contributed by atoms with Crippen LogP contribution in [0.15, 0.2) is 42.5 Å². The van der Waals surface area contributed by atoms with Crippen LogP contribution in [0.3, 0.4) is 0 Å². The maximum Gasteiger partial charge on any atom is 0.231 e. The fraction of sp³-hybridized carbons (Fsp3) is 0.350. The van der Waals surface area contributed by atoms with E-state index in [9.17, 15) is 4.79 Å². The normalized spacial score (nSPS) is 15.7. The maximum absolute atomic E-state index is 12.4. The molecule has 2 aromatic carbocycles. The van der Waals surface area contributed by atoms with Crippen molar-refractivity contribution in [1.29, 1.82) is 0 Å². The lowest BCUT2D eigenvalue weighted by Crippen LogP contribution is -2.30. The minimum absolute atomic E-state index is 0.178. The fourth-order valence-corrected chi connectivity index (χ4v) is 3.49. The molecule has 0 spiro atoms. The summed E-state index contributed by atoms with van der Waals surface area (Å²) in [6.45, 7) is 4.67. The molecule has 25 heavy (non-hydrogen) atoms. The number of fused-ring (bicyclic) bond motifs is 2. The second-order valence-corrected chi connectivity index (χ2v) is 6.35. The van der Waals surface area contributed by atoms with Gasteiger partial charge >= 0.3 is 0 Å². The molecule has 0 radical (unpaired) electrons. The number of benzene rings is 2. The van der Waals surface area contributed by atoms with Crippen LogP contribution in [0, 0.1) is 0 Å². The predicted molar refractivity (Wildman–Crippen MR) is 97.3 cm³/mol. The zero-order valence-electron chi connectivity index (χ0n) is 14.4. The van der Waals surface area contributed by atoms with Crippen molar-refractivity contribution < 1.29 is 14.3 Å². The van der Waals surface area contributed by atoms with Crippen LogP contribution in [0.5, 0.6) is 11.5 Å². The fourth-order valence-electron chi connectivity index (χ4n) is 3.49. The van der Waals surface area contributed by atoms with Crippen molar-refractivity contribution in [2.45, 2.75) is 26.3 Å². The lowest BCUT2D eigenvalue weighted by Gasteiger charge is -2.26. The average Bonchev–Trinajstić information content (AvgIpc) is 3.04. The van der Waals surface area contributed by atoms with Crippen molar-refractivity contribution in [3.8, 4) is 11.5 Å². The molecule has 0 unspecified atom stereocenters. The Kier molecular flexibility index (Phi) is 4.22. The molecular weight excluding hydrogens is 316 g/mol. The lowest BCUT2D eigenvalue weighted by molar-refractivity contribution is -0.118. The van der Waals surface area contributed by atoms with E-state index in [-0.39, 0.29) is 5.91 Å². The van der Waals surface area contributed by atoms with Gasteiger partial charge in [-0.15, -0.1) is 0 Å². The summed E-state index contributed by atoms with van der Waals surface area (Å²) < 4.78 is 10.9. The van der Waals surface area contributed by atoms with Crippen LogP contribution in [0.1, 0.15) is 25.3 Å². The van der Waals surface area contributed by atoms with Gasteiger partial charge in [-0.2, -0.15) is 0 Å². The van der Waals surface area contributed by atoms with Crippen LogP contribution in [0.2, 0.25) is 0 Å². The van der Waals surface area contributed by atoms with Crippen LogP contribution in [0.4, 0.5) is 11.4 Å². The van der Waals surface area contributed by atoms with E-state index >= 15 is 0 Å². The smallest absolute Gasteiger partial charge is 0.231 e. The Balaban J connectivity index is 1.64. The van der Waals surface area contributed by atoms with Gasteiger partial charge < -0.3 is 19.3 Å². The van der Waals surface area contributed by atoms with Crippen molar-refractivity contribution in [2.75, 3.05) is 29.7 Å². The Labute approximate surface area is 147 Å². The van der Waals surface area contributed by atoms with Crippen molar-refractivity contribution in [1.82, 2.24) is 0 Å². The van der Waals surface area contributed by atoms with Crippen LogP contribution in [-0.2, 0) is 11.3 Å². The molecule has 2 heterocycles. The summed E-state index contributed by atoms with van der Waals surface area (Å²) >= 11 is 0. The second kappa shape index (κ2) is 6.67. The Hall–Kier alpha value is -2.69. The van der Waals surface area contributed by atoms with Crippen LogP contribution in [0.25, 0.3) is 0 Å². The lowest BCUT2D eigenvalue weighted by atomic mass is 10.1. The third-order valence-electron chi connectivity index (χ3n) is 4.74. The Morgan fingerprint density at radius 1 is 1.04 bits per heavy atom. The van der Waals surface area contributed by atoms with E-state index in [1.807, 2.05) is 42.2 Å². The van der Waals surface area contributed by atoms with Gasteiger partial charge in [-0.1, -0.05) is 25.1 Å². The van der Waals surface area contributed by atoms with E-state index < -0.39 is 0 Å². The highest BCUT2D eigenvalue weighted by molar-refractivity contribution is 5.97. The molecule has 2 aromatic rings. The number of amides is 1. The highest BCUT2D eigenvalue weighted by Gasteiger charge is 2.24. The molecule has 130 valence electrons. The number of nitrogens with zero attached hydrogens (tertiary/aromatic N) is 2. The number of carbonyl (C=O) groups is 1. The highest BCUT2D eigenvalue weighted by Crippen LogP contribution is 2.36. The summed E-state index contributed by atoms with van der Waals surface area (Å²) in [7, 11) is 0. The number of hydrogen-bond acceptors (Lipinski definition) is 4. The number of hydrogen-bond donors (Lipinski definition) is 0. The molecule has 0 aromatic heterocycles. The number of ether oxygens (including phenoxy) is 2. The summed E-state index contributed by atoms with van der Waals surface area (Å²) in [5.41, 5.74) is 3.29. The van der Waals surface area contributed by atoms with Gasteiger partial charge in [0.2, 0.25) is 12.7 Å². The van der Waals surface area contributed by atoms with Gasteiger partial charge in [0, 0.05) is 26.1 Å². The van der Waals surface area contributed by atoms with Gasteiger partial charge in [0.1, 0.15) is 0 Å². The van der Waals surface area contributed by atoms with E-state index in [1.165, 1.54) is 5.56 Å². The second-order valence-electron chi connectivity index (χ2n) is 6.35. The first-order chi connectivity index (χ1) is 12.3. The van der Waals surface area contributed by atoms with E-state index in [0.29, 0.717) is 13.2 Å². The third-order valence-corrected chi connectivity index (χ3v) is 4.74. The summed E-state index contributed by atoms with van der Waals surface area (Å²) in [5, 5.41) is 0. The molecule has 5 nitrogen and oxygen atoms in total. The molecule has 0 N–H and O–H groups in total. The van der Waals surface area contributed by atoms with Gasteiger partial charge in [-0.05, 0) is 36.2 Å². The minimum Gasteiger partial charge on any atom is -0.454 e. The topological polar surface area (TPSA) is 42.0 Å². The van der Waals surface area contributed by atoms with Crippen molar-refractivity contribution in [2.24, 2.45) is 0 Å². The average molecular weight is 338 g/mol. The molecule has 0 fully saturated rings.